The summed E-state index contributed by atoms with van der Waals surface area (Å²) in [4.78, 5) is 15.3. The maximum Gasteiger partial charge on any atom is 0.119 e. The maximum absolute atomic E-state index is 11.0. The molecule has 182 valence electrons. The Morgan fingerprint density at radius 3 is 2.88 bits per heavy atom. The fraction of sp³-hybridized carbons (Fsp3) is 0.500. The summed E-state index contributed by atoms with van der Waals surface area (Å²) in [5, 5.41) is 23.0. The van der Waals surface area contributed by atoms with E-state index in [1.54, 1.807) is 43.7 Å². The third-order valence-corrected chi connectivity index (χ3v) is 7.77. The number of hydrogen-bond donors (Lipinski definition) is 2. The molecule has 7 nitrogen and oxygen atoms in total. The normalized spacial score (nSPS) is 19.9. The predicted molar refractivity (Wildman–Crippen MR) is 135 cm³/mol. The van der Waals surface area contributed by atoms with E-state index in [1.807, 2.05) is 24.3 Å². The zero-order valence-electron chi connectivity index (χ0n) is 19.7. The molecule has 0 bridgehead atoms. The van der Waals surface area contributed by atoms with Crippen molar-refractivity contribution in [3.05, 3.63) is 54.6 Å². The number of fused-ring (bicyclic) bond motifs is 1. The van der Waals surface area contributed by atoms with Crippen LogP contribution in [0.25, 0.3) is 10.9 Å². The molecule has 0 amide bonds. The molecule has 34 heavy (non-hydrogen) atoms. The van der Waals surface area contributed by atoms with Crippen molar-refractivity contribution in [2.45, 2.75) is 36.8 Å². The highest BCUT2D eigenvalue weighted by Crippen LogP contribution is 2.33. The summed E-state index contributed by atoms with van der Waals surface area (Å²) in [7, 11) is 1.64. The summed E-state index contributed by atoms with van der Waals surface area (Å²) < 4.78 is 5.36. The van der Waals surface area contributed by atoms with Gasteiger partial charge in [0.2, 0.25) is 0 Å². The second-order valence-electron chi connectivity index (χ2n) is 8.91. The molecular formula is C26H34N4O3S. The Balaban J connectivity index is 1.26. The van der Waals surface area contributed by atoms with E-state index in [0.29, 0.717) is 12.3 Å². The lowest BCUT2D eigenvalue weighted by molar-refractivity contribution is 0.0581. The molecule has 2 aromatic heterocycles. The average Bonchev–Trinajstić information content (AvgIpc) is 2.89. The topological polar surface area (TPSA) is 91.6 Å². The highest BCUT2D eigenvalue weighted by Gasteiger charge is 2.29. The molecule has 0 radical (unpaired) electrons. The highest BCUT2D eigenvalue weighted by molar-refractivity contribution is 7.99. The number of aliphatic hydroxyl groups excluding tert-OH is 2. The van der Waals surface area contributed by atoms with Crippen LogP contribution in [0.15, 0.2) is 54.1 Å². The maximum atomic E-state index is 11.0. The molecule has 2 N–H and O–H groups in total. The Bertz CT molecular complexity index is 1040. The first-order chi connectivity index (χ1) is 16.7. The Morgan fingerprint density at radius 1 is 1.18 bits per heavy atom. The van der Waals surface area contributed by atoms with Crippen molar-refractivity contribution in [3.63, 3.8) is 0 Å². The number of rotatable bonds is 11. The van der Waals surface area contributed by atoms with Crippen molar-refractivity contribution >= 4 is 22.7 Å². The molecule has 3 atom stereocenters. The third kappa shape index (κ3) is 6.44. The molecule has 8 heteroatoms. The van der Waals surface area contributed by atoms with Gasteiger partial charge in [0.05, 0.1) is 24.9 Å². The molecule has 1 aliphatic heterocycles. The molecule has 3 aromatic rings. The quantitative estimate of drug-likeness (QED) is 0.313. The number of hydrogen-bond acceptors (Lipinski definition) is 8. The third-order valence-electron chi connectivity index (χ3n) is 6.77. The number of aromatic nitrogens is 3. The monoisotopic (exact) mass is 482 g/mol. The van der Waals surface area contributed by atoms with Crippen LogP contribution in [0.3, 0.4) is 0 Å². The van der Waals surface area contributed by atoms with Crippen LogP contribution >= 0.6 is 11.8 Å². The van der Waals surface area contributed by atoms with E-state index >= 15 is 0 Å². The van der Waals surface area contributed by atoms with Gasteiger partial charge >= 0.3 is 0 Å². The second-order valence-corrected chi connectivity index (χ2v) is 10.0. The van der Waals surface area contributed by atoms with Gasteiger partial charge in [0.25, 0.3) is 0 Å². The van der Waals surface area contributed by atoms with Crippen LogP contribution in [0, 0.1) is 11.8 Å². The Morgan fingerprint density at radius 2 is 2.09 bits per heavy atom. The van der Waals surface area contributed by atoms with Crippen molar-refractivity contribution in [2.24, 2.45) is 11.8 Å². The summed E-state index contributed by atoms with van der Waals surface area (Å²) in [6, 6.07) is 7.66. The molecule has 1 saturated heterocycles. The van der Waals surface area contributed by atoms with Crippen molar-refractivity contribution in [1.82, 2.24) is 19.9 Å². The fourth-order valence-corrected chi connectivity index (χ4v) is 5.62. The van der Waals surface area contributed by atoms with Gasteiger partial charge in [-0.05, 0) is 80.4 Å². The molecular weight excluding hydrogens is 448 g/mol. The molecule has 3 heterocycles. The molecule has 0 spiro atoms. The van der Waals surface area contributed by atoms with Gasteiger partial charge in [-0.3, -0.25) is 9.97 Å². The van der Waals surface area contributed by atoms with Crippen LogP contribution in [0.1, 0.15) is 37.4 Å². The number of piperidine rings is 1. The summed E-state index contributed by atoms with van der Waals surface area (Å²) in [6.45, 7) is 3.19. The van der Waals surface area contributed by atoms with Crippen molar-refractivity contribution in [2.75, 3.05) is 39.1 Å². The molecule has 0 saturated carbocycles. The second kappa shape index (κ2) is 12.4. The number of nitrogens with zero attached hydrogens (tertiary/aromatic N) is 4. The van der Waals surface area contributed by atoms with E-state index in [-0.39, 0.29) is 12.5 Å². The summed E-state index contributed by atoms with van der Waals surface area (Å²) in [6.07, 6.45) is 10.1. The molecule has 1 aliphatic rings. The van der Waals surface area contributed by atoms with E-state index < -0.39 is 6.10 Å². The van der Waals surface area contributed by atoms with Crippen LogP contribution in [0.5, 0.6) is 5.75 Å². The van der Waals surface area contributed by atoms with Crippen LogP contribution in [-0.4, -0.2) is 69.2 Å². The number of likely N-dealkylation sites (tertiary alicyclic amines) is 1. The Labute approximate surface area is 205 Å². The van der Waals surface area contributed by atoms with Gasteiger partial charge in [0.1, 0.15) is 10.8 Å². The van der Waals surface area contributed by atoms with Crippen LogP contribution < -0.4 is 4.74 Å². The zero-order valence-corrected chi connectivity index (χ0v) is 20.5. The largest absolute Gasteiger partial charge is 0.497 e. The van der Waals surface area contributed by atoms with Gasteiger partial charge in [-0.2, -0.15) is 0 Å². The van der Waals surface area contributed by atoms with E-state index in [1.165, 1.54) is 0 Å². The van der Waals surface area contributed by atoms with Gasteiger partial charge in [-0.25, -0.2) is 4.98 Å². The number of pyridine rings is 1. The van der Waals surface area contributed by atoms with E-state index in [9.17, 15) is 10.2 Å². The minimum atomic E-state index is -0.562. The SMILES string of the molecule is COc1ccc2nccc([C@H](O)CC[C@@H]3CCN(CCCSc4cnccn4)C[C@@H]3CO)c2c1. The Hall–Kier alpha value is -2.26. The lowest BCUT2D eigenvalue weighted by Crippen LogP contribution is -2.42. The average molecular weight is 483 g/mol. The van der Waals surface area contributed by atoms with Gasteiger partial charge in [0, 0.05) is 42.9 Å². The molecule has 0 aliphatic carbocycles. The highest BCUT2D eigenvalue weighted by atomic mass is 32.2. The molecule has 0 unspecified atom stereocenters. The standard InChI is InChI=1S/C26H34N4O3S/c1-33-21-4-5-24-23(15-21)22(7-9-28-24)25(32)6-3-19-8-13-30(17-20(19)18-31)12-2-14-34-26-16-27-10-11-29-26/h4-5,7,9-11,15-16,19-20,25,31-32H,2-3,6,8,12-14,17-18H2,1H3/t19-,20-,25-/m1/s1. The summed E-state index contributed by atoms with van der Waals surface area (Å²) in [5.41, 5.74) is 1.75. The molecule has 1 aromatic carbocycles. The lowest BCUT2D eigenvalue weighted by atomic mass is 9.81. The van der Waals surface area contributed by atoms with Gasteiger partial charge < -0.3 is 19.8 Å². The van der Waals surface area contributed by atoms with Crippen LogP contribution in [0.2, 0.25) is 0 Å². The number of benzene rings is 1. The first kappa shape index (κ1) is 24.9. The predicted octanol–water partition coefficient (Wildman–Crippen LogP) is 3.96. The van der Waals surface area contributed by atoms with Crippen molar-refractivity contribution in [1.29, 1.82) is 0 Å². The number of aliphatic hydroxyl groups is 2. The number of methoxy groups -OCH3 is 1. The van der Waals surface area contributed by atoms with E-state index in [0.717, 1.165) is 71.9 Å². The minimum Gasteiger partial charge on any atom is -0.497 e. The number of thioether (sulfide) groups is 1. The molecule has 1 fully saturated rings. The smallest absolute Gasteiger partial charge is 0.119 e. The van der Waals surface area contributed by atoms with E-state index in [4.69, 9.17) is 4.74 Å². The summed E-state index contributed by atoms with van der Waals surface area (Å²) >= 11 is 1.74. The van der Waals surface area contributed by atoms with E-state index in [2.05, 4.69) is 19.9 Å². The van der Waals surface area contributed by atoms with Crippen molar-refractivity contribution < 1.29 is 14.9 Å². The number of ether oxygens (including phenoxy) is 1. The first-order valence-corrected chi connectivity index (χ1v) is 13.0. The van der Waals surface area contributed by atoms with Crippen LogP contribution in [0.4, 0.5) is 0 Å². The van der Waals surface area contributed by atoms with Crippen LogP contribution in [-0.2, 0) is 0 Å². The fourth-order valence-electron chi connectivity index (χ4n) is 4.86. The Kier molecular flexibility index (Phi) is 9.10. The molecule has 4 rings (SSSR count). The lowest BCUT2D eigenvalue weighted by Gasteiger charge is -2.38. The van der Waals surface area contributed by atoms with Gasteiger partial charge in [0.15, 0.2) is 0 Å². The van der Waals surface area contributed by atoms with Crippen molar-refractivity contribution in [3.8, 4) is 5.75 Å². The van der Waals surface area contributed by atoms with Gasteiger partial charge in [-0.15, -0.1) is 11.8 Å². The first-order valence-electron chi connectivity index (χ1n) is 12.0. The summed E-state index contributed by atoms with van der Waals surface area (Å²) in [5.74, 6) is 2.45. The van der Waals surface area contributed by atoms with Gasteiger partial charge in [-0.1, -0.05) is 0 Å². The zero-order chi connectivity index (χ0) is 23.8. The minimum absolute atomic E-state index is 0.195.